The number of likely N-dealkylation sites (tertiary alicyclic amines) is 1. The minimum atomic E-state index is 0. The average Bonchev–Trinajstić information content (AvgIpc) is 2.98. The largest absolute Gasteiger partial charge is 0.303 e. The van der Waals surface area contributed by atoms with Crippen molar-refractivity contribution in [1.82, 2.24) is 4.90 Å². The summed E-state index contributed by atoms with van der Waals surface area (Å²) in [6, 6.07) is 19.4. The van der Waals surface area contributed by atoms with Gasteiger partial charge in [0.25, 0.3) is 0 Å². The summed E-state index contributed by atoms with van der Waals surface area (Å²) in [5.74, 6) is 2.42. The summed E-state index contributed by atoms with van der Waals surface area (Å²) in [4.78, 5) is 2.73. The number of halogens is 2. The van der Waals surface area contributed by atoms with Crippen molar-refractivity contribution in [3.8, 4) is 0 Å². The molecule has 2 aromatic rings. The third-order valence-corrected chi connectivity index (χ3v) is 6.48. The van der Waals surface area contributed by atoms with Crippen LogP contribution in [0.3, 0.4) is 0 Å². The molecule has 1 nitrogen and oxygen atoms in total. The minimum absolute atomic E-state index is 0. The lowest BCUT2D eigenvalue weighted by Crippen LogP contribution is -2.31. The fraction of sp³-hybridized carbons (Fsp3) is 0.478. The van der Waals surface area contributed by atoms with Gasteiger partial charge in [-0.25, -0.2) is 0 Å². The van der Waals surface area contributed by atoms with Crippen LogP contribution in [0.2, 0.25) is 5.02 Å². The summed E-state index contributed by atoms with van der Waals surface area (Å²) in [5.41, 5.74) is 2.80. The van der Waals surface area contributed by atoms with E-state index in [1.165, 1.54) is 62.9 Å². The van der Waals surface area contributed by atoms with Crippen LogP contribution < -0.4 is 0 Å². The highest BCUT2D eigenvalue weighted by Gasteiger charge is 2.30. The van der Waals surface area contributed by atoms with Gasteiger partial charge in [0.1, 0.15) is 0 Å². The molecule has 1 saturated carbocycles. The minimum Gasteiger partial charge on any atom is -0.303 e. The molecule has 2 bridgehead atoms. The predicted octanol–water partition coefficient (Wildman–Crippen LogP) is 6.41. The number of hydrogen-bond donors (Lipinski definition) is 0. The molecule has 2 aromatic carbocycles. The van der Waals surface area contributed by atoms with E-state index < -0.39 is 0 Å². The Morgan fingerprint density at radius 2 is 1.58 bits per heavy atom. The Morgan fingerprint density at radius 1 is 0.885 bits per heavy atom. The number of rotatable bonds is 5. The second kappa shape index (κ2) is 9.26. The van der Waals surface area contributed by atoms with E-state index in [-0.39, 0.29) is 12.4 Å². The standard InChI is InChI=1S/C23H28ClN.ClH/c24-22-10-8-21(9-11-22)23(20-4-2-1-3-5-20)13-15-25-14-12-18-6-7-19(16-18)17-25;/h1-5,8-11,18-19,23H,6-7,12-17H2;1H. The van der Waals surface area contributed by atoms with Crippen LogP contribution >= 0.6 is 24.0 Å². The van der Waals surface area contributed by atoms with Crippen LogP contribution in [0.25, 0.3) is 0 Å². The molecule has 140 valence electrons. The van der Waals surface area contributed by atoms with Gasteiger partial charge in [-0.2, -0.15) is 0 Å². The third-order valence-electron chi connectivity index (χ3n) is 6.23. The molecule has 0 N–H and O–H groups in total. The zero-order valence-corrected chi connectivity index (χ0v) is 16.9. The molecule has 2 aliphatic rings. The van der Waals surface area contributed by atoms with Gasteiger partial charge in [0.05, 0.1) is 0 Å². The molecule has 1 aliphatic carbocycles. The summed E-state index contributed by atoms with van der Waals surface area (Å²) in [6.45, 7) is 3.81. The SMILES string of the molecule is Cl.Clc1ccc(C(CCN2CCC3CCC(C3)C2)c2ccccc2)cc1. The van der Waals surface area contributed by atoms with Crippen LogP contribution in [0.4, 0.5) is 0 Å². The van der Waals surface area contributed by atoms with Crippen molar-refractivity contribution in [1.29, 1.82) is 0 Å². The Balaban J connectivity index is 0.00000196. The van der Waals surface area contributed by atoms with Crippen molar-refractivity contribution in [2.45, 2.75) is 38.0 Å². The van der Waals surface area contributed by atoms with E-state index in [4.69, 9.17) is 11.6 Å². The molecule has 1 saturated heterocycles. The second-order valence-corrected chi connectivity index (χ2v) is 8.37. The summed E-state index contributed by atoms with van der Waals surface area (Å²) >= 11 is 6.11. The van der Waals surface area contributed by atoms with E-state index in [0.717, 1.165) is 16.9 Å². The van der Waals surface area contributed by atoms with Gasteiger partial charge in [-0.1, -0.05) is 60.5 Å². The summed E-state index contributed by atoms with van der Waals surface area (Å²) in [7, 11) is 0. The van der Waals surface area contributed by atoms with Gasteiger partial charge in [0.2, 0.25) is 0 Å². The molecule has 1 heterocycles. The van der Waals surface area contributed by atoms with Gasteiger partial charge in [0, 0.05) is 17.5 Å². The predicted molar refractivity (Wildman–Crippen MR) is 113 cm³/mol. The van der Waals surface area contributed by atoms with Crippen LogP contribution in [0, 0.1) is 11.8 Å². The smallest absolute Gasteiger partial charge is 0.0406 e. The van der Waals surface area contributed by atoms with E-state index in [9.17, 15) is 0 Å². The Bertz CT molecular complexity index is 670. The van der Waals surface area contributed by atoms with E-state index in [2.05, 4.69) is 47.4 Å². The number of benzene rings is 2. The maximum Gasteiger partial charge on any atom is 0.0406 e. The van der Waals surface area contributed by atoms with E-state index in [1.54, 1.807) is 0 Å². The summed E-state index contributed by atoms with van der Waals surface area (Å²) in [6.07, 6.45) is 7.02. The number of nitrogens with zero attached hydrogens (tertiary/aromatic N) is 1. The molecular weight excluding hydrogens is 361 g/mol. The molecule has 2 fully saturated rings. The van der Waals surface area contributed by atoms with E-state index in [1.807, 2.05) is 12.1 Å². The quantitative estimate of drug-likeness (QED) is 0.571. The lowest BCUT2D eigenvalue weighted by Gasteiger charge is -2.27. The molecule has 3 unspecified atom stereocenters. The highest BCUT2D eigenvalue weighted by Crippen LogP contribution is 2.37. The Morgan fingerprint density at radius 3 is 2.35 bits per heavy atom. The highest BCUT2D eigenvalue weighted by molar-refractivity contribution is 6.30. The van der Waals surface area contributed by atoms with Crippen molar-refractivity contribution >= 4 is 24.0 Å². The van der Waals surface area contributed by atoms with Gasteiger partial charge in [-0.15, -0.1) is 12.4 Å². The topological polar surface area (TPSA) is 3.24 Å². The maximum atomic E-state index is 6.11. The fourth-order valence-electron chi connectivity index (χ4n) is 4.85. The first-order valence-corrected chi connectivity index (χ1v) is 10.2. The first kappa shape index (κ1) is 19.7. The number of hydrogen-bond acceptors (Lipinski definition) is 1. The van der Waals surface area contributed by atoms with Crippen LogP contribution in [-0.4, -0.2) is 24.5 Å². The number of fused-ring (bicyclic) bond motifs is 2. The van der Waals surface area contributed by atoms with Crippen molar-refractivity contribution in [3.05, 3.63) is 70.7 Å². The lowest BCUT2D eigenvalue weighted by atomic mass is 9.88. The van der Waals surface area contributed by atoms with Crippen molar-refractivity contribution < 1.29 is 0 Å². The Labute approximate surface area is 169 Å². The molecule has 0 spiro atoms. The molecule has 3 atom stereocenters. The summed E-state index contributed by atoms with van der Waals surface area (Å²) < 4.78 is 0. The molecule has 0 aromatic heterocycles. The Kier molecular flexibility index (Phi) is 7.03. The van der Waals surface area contributed by atoms with Crippen molar-refractivity contribution in [3.63, 3.8) is 0 Å². The normalized spacial score (nSPS) is 23.9. The van der Waals surface area contributed by atoms with Gasteiger partial charge in [-0.05, 0) is 73.9 Å². The lowest BCUT2D eigenvalue weighted by molar-refractivity contribution is 0.231. The monoisotopic (exact) mass is 389 g/mol. The molecule has 0 radical (unpaired) electrons. The van der Waals surface area contributed by atoms with Gasteiger partial charge in [-0.3, -0.25) is 0 Å². The van der Waals surface area contributed by atoms with Gasteiger partial charge >= 0.3 is 0 Å². The zero-order chi connectivity index (χ0) is 17.1. The first-order chi connectivity index (χ1) is 12.3. The highest BCUT2D eigenvalue weighted by atomic mass is 35.5. The first-order valence-electron chi connectivity index (χ1n) is 9.80. The van der Waals surface area contributed by atoms with Gasteiger partial charge in [0.15, 0.2) is 0 Å². The van der Waals surface area contributed by atoms with E-state index >= 15 is 0 Å². The van der Waals surface area contributed by atoms with Crippen molar-refractivity contribution in [2.24, 2.45) is 11.8 Å². The zero-order valence-electron chi connectivity index (χ0n) is 15.3. The third kappa shape index (κ3) is 4.82. The molecule has 3 heteroatoms. The van der Waals surface area contributed by atoms with E-state index in [0.29, 0.717) is 5.92 Å². The Hall–Kier alpha value is -1.02. The second-order valence-electron chi connectivity index (χ2n) is 7.94. The fourth-order valence-corrected chi connectivity index (χ4v) is 4.98. The molecule has 1 aliphatic heterocycles. The molecule has 0 amide bonds. The molecule has 4 rings (SSSR count). The van der Waals surface area contributed by atoms with Crippen LogP contribution in [-0.2, 0) is 0 Å². The summed E-state index contributed by atoms with van der Waals surface area (Å²) in [5, 5.41) is 0.819. The average molecular weight is 390 g/mol. The molecule has 26 heavy (non-hydrogen) atoms. The van der Waals surface area contributed by atoms with Crippen LogP contribution in [0.1, 0.15) is 49.1 Å². The van der Waals surface area contributed by atoms with Crippen LogP contribution in [0.5, 0.6) is 0 Å². The van der Waals surface area contributed by atoms with Crippen molar-refractivity contribution in [2.75, 3.05) is 19.6 Å². The molecular formula is C23H29Cl2N. The maximum absolute atomic E-state index is 6.11. The van der Waals surface area contributed by atoms with Gasteiger partial charge < -0.3 is 4.90 Å². The van der Waals surface area contributed by atoms with Crippen LogP contribution in [0.15, 0.2) is 54.6 Å².